The quantitative estimate of drug-likeness (QED) is 0.0832. The lowest BCUT2D eigenvalue weighted by Gasteiger charge is -2.24. The highest BCUT2D eigenvalue weighted by Crippen LogP contribution is 2.46. The molecule has 1 N–H and O–H groups in total. The molecule has 1 fully saturated rings. The molecule has 1 aliphatic rings. The third kappa shape index (κ3) is 6.50. The predicted octanol–water partition coefficient (Wildman–Crippen LogP) is 7.70. The van der Waals surface area contributed by atoms with Crippen LogP contribution in [0.5, 0.6) is 23.0 Å². The van der Waals surface area contributed by atoms with Gasteiger partial charge in [0.15, 0.2) is 16.6 Å². The molecule has 5 aromatic rings. The van der Waals surface area contributed by atoms with Crippen LogP contribution in [0.4, 0.5) is 5.13 Å². The maximum Gasteiger partial charge on any atom is 0.301 e. The van der Waals surface area contributed by atoms with Gasteiger partial charge in [0.25, 0.3) is 5.78 Å². The summed E-state index contributed by atoms with van der Waals surface area (Å²) in [6.07, 6.45) is 0. The normalized spacial score (nSPS) is 15.6. The fourth-order valence-corrected chi connectivity index (χ4v) is 6.47. The van der Waals surface area contributed by atoms with E-state index in [1.165, 1.54) is 16.2 Å². The van der Waals surface area contributed by atoms with Crippen molar-refractivity contribution in [2.24, 2.45) is 0 Å². The summed E-state index contributed by atoms with van der Waals surface area (Å²) in [4.78, 5) is 33.8. The average molecular weight is 651 g/mol. The first-order valence-corrected chi connectivity index (χ1v) is 16.2. The Morgan fingerprint density at radius 3 is 2.21 bits per heavy atom. The van der Waals surface area contributed by atoms with Crippen molar-refractivity contribution in [3.8, 4) is 23.0 Å². The number of rotatable bonds is 12. The number of nitrogens with zero attached hydrogens (tertiary/aromatic N) is 2. The molecule has 0 aliphatic carbocycles. The Kier molecular flexibility index (Phi) is 9.40. The number of ketones is 1. The van der Waals surface area contributed by atoms with E-state index in [1.54, 1.807) is 42.5 Å². The second kappa shape index (κ2) is 14.0. The summed E-state index contributed by atoms with van der Waals surface area (Å²) < 4.78 is 24.1. The molecule has 4 aromatic carbocycles. The number of hydrogen-bond donors (Lipinski definition) is 1. The Labute approximate surface area is 276 Å². The minimum Gasteiger partial charge on any atom is -0.507 e. The van der Waals surface area contributed by atoms with Crippen LogP contribution in [-0.4, -0.2) is 41.6 Å². The number of aliphatic hydroxyl groups excluding tert-OH is 1. The molecule has 10 heteroatoms. The standard InChI is InChI=1S/C37H34N2O7S/c1-4-43-26-15-12-24(13-16-26)34(40)32-33(25-14-19-29(30(20-25)45-6-3)46-22-23-10-8-7-9-11-23)39(36(42)35(32)41)37-38-28-18-17-27(44-5-2)21-31(28)47-37/h7-21,33,40H,4-6,22H2,1-3H3/b34-32+. The van der Waals surface area contributed by atoms with Gasteiger partial charge in [0.1, 0.15) is 23.9 Å². The van der Waals surface area contributed by atoms with Gasteiger partial charge in [-0.2, -0.15) is 0 Å². The minimum atomic E-state index is -1.00. The summed E-state index contributed by atoms with van der Waals surface area (Å²) in [6, 6.07) is 26.3. The van der Waals surface area contributed by atoms with E-state index in [4.69, 9.17) is 23.9 Å². The van der Waals surface area contributed by atoms with Crippen LogP contribution in [-0.2, 0) is 16.2 Å². The first kappa shape index (κ1) is 31.6. The summed E-state index contributed by atoms with van der Waals surface area (Å²) in [5.74, 6) is 0.323. The largest absolute Gasteiger partial charge is 0.507 e. The van der Waals surface area contributed by atoms with Gasteiger partial charge in [-0.25, -0.2) is 4.98 Å². The lowest BCUT2D eigenvalue weighted by Crippen LogP contribution is -2.29. The van der Waals surface area contributed by atoms with E-state index in [0.29, 0.717) is 71.2 Å². The van der Waals surface area contributed by atoms with E-state index in [-0.39, 0.29) is 11.3 Å². The Bertz CT molecular complexity index is 1940. The van der Waals surface area contributed by atoms with Gasteiger partial charge in [-0.15, -0.1) is 0 Å². The number of ether oxygens (including phenoxy) is 4. The number of Topliss-reactive ketones (excluding diaryl/α,β-unsaturated/α-hetero) is 1. The molecular weight excluding hydrogens is 616 g/mol. The van der Waals surface area contributed by atoms with Crippen molar-refractivity contribution in [2.75, 3.05) is 24.7 Å². The van der Waals surface area contributed by atoms with Crippen LogP contribution in [0.1, 0.15) is 43.5 Å². The average Bonchev–Trinajstić information content (AvgIpc) is 3.62. The molecule has 1 saturated heterocycles. The number of aromatic nitrogens is 1. The van der Waals surface area contributed by atoms with Crippen LogP contribution in [0, 0.1) is 0 Å². The van der Waals surface area contributed by atoms with E-state index in [2.05, 4.69) is 0 Å². The van der Waals surface area contributed by atoms with Gasteiger partial charge in [-0.05, 0) is 86.5 Å². The molecule has 1 atom stereocenters. The SMILES string of the molecule is CCOc1ccc(/C(O)=C2\C(=O)C(=O)N(c3nc4ccc(OCC)cc4s3)C2c2ccc(OCc3ccccc3)c(OCC)c2)cc1. The third-order valence-corrected chi connectivity index (χ3v) is 8.59. The molecule has 0 spiro atoms. The van der Waals surface area contributed by atoms with E-state index in [1.807, 2.05) is 69.3 Å². The molecular formula is C37H34N2O7S. The predicted molar refractivity (Wildman–Crippen MR) is 182 cm³/mol. The molecule has 2 heterocycles. The van der Waals surface area contributed by atoms with E-state index in [0.717, 1.165) is 10.3 Å². The van der Waals surface area contributed by atoms with Crippen LogP contribution in [0.25, 0.3) is 16.0 Å². The minimum absolute atomic E-state index is 0.0613. The highest BCUT2D eigenvalue weighted by atomic mass is 32.1. The fraction of sp³-hybridized carbons (Fsp3) is 0.216. The number of benzene rings is 4. The van der Waals surface area contributed by atoms with Gasteiger partial charge in [-0.1, -0.05) is 47.7 Å². The summed E-state index contributed by atoms with van der Waals surface area (Å²) in [5, 5.41) is 12.0. The number of aliphatic hydroxyl groups is 1. The molecule has 1 aliphatic heterocycles. The van der Waals surface area contributed by atoms with Gasteiger partial charge in [0.05, 0.1) is 41.7 Å². The van der Waals surface area contributed by atoms with Crippen LogP contribution >= 0.6 is 11.3 Å². The van der Waals surface area contributed by atoms with Crippen LogP contribution in [0.3, 0.4) is 0 Å². The number of thiazole rings is 1. The van der Waals surface area contributed by atoms with Gasteiger partial charge >= 0.3 is 5.91 Å². The molecule has 6 rings (SSSR count). The van der Waals surface area contributed by atoms with E-state index >= 15 is 0 Å². The molecule has 47 heavy (non-hydrogen) atoms. The number of fused-ring (bicyclic) bond motifs is 1. The zero-order valence-corrected chi connectivity index (χ0v) is 27.1. The van der Waals surface area contributed by atoms with Crippen molar-refractivity contribution < 1.29 is 33.6 Å². The Morgan fingerprint density at radius 2 is 1.49 bits per heavy atom. The zero-order chi connectivity index (χ0) is 32.9. The first-order chi connectivity index (χ1) is 22.9. The highest BCUT2D eigenvalue weighted by molar-refractivity contribution is 7.22. The number of amides is 1. The van der Waals surface area contributed by atoms with Crippen LogP contribution < -0.4 is 23.8 Å². The van der Waals surface area contributed by atoms with Gasteiger partial charge in [0.2, 0.25) is 0 Å². The van der Waals surface area contributed by atoms with Crippen molar-refractivity contribution in [3.63, 3.8) is 0 Å². The topological polar surface area (TPSA) is 107 Å². The maximum absolute atomic E-state index is 13.9. The molecule has 1 aromatic heterocycles. The summed E-state index contributed by atoms with van der Waals surface area (Å²) in [6.45, 7) is 7.32. The monoisotopic (exact) mass is 650 g/mol. The number of carbonyl (C=O) groups is 2. The summed E-state index contributed by atoms with van der Waals surface area (Å²) in [7, 11) is 0. The Balaban J connectivity index is 1.47. The molecule has 1 unspecified atom stereocenters. The van der Waals surface area contributed by atoms with Crippen LogP contribution in [0.2, 0.25) is 0 Å². The van der Waals surface area contributed by atoms with Crippen molar-refractivity contribution in [1.29, 1.82) is 0 Å². The van der Waals surface area contributed by atoms with Crippen molar-refractivity contribution >= 4 is 44.1 Å². The highest BCUT2D eigenvalue weighted by Gasteiger charge is 2.48. The third-order valence-electron chi connectivity index (χ3n) is 7.57. The number of carbonyl (C=O) groups excluding carboxylic acids is 2. The molecule has 1 amide bonds. The van der Waals surface area contributed by atoms with Gasteiger partial charge < -0.3 is 24.1 Å². The molecule has 0 saturated carbocycles. The molecule has 9 nitrogen and oxygen atoms in total. The fourth-order valence-electron chi connectivity index (χ4n) is 5.45. The van der Waals surface area contributed by atoms with E-state index in [9.17, 15) is 14.7 Å². The smallest absolute Gasteiger partial charge is 0.301 e. The second-order valence-corrected chi connectivity index (χ2v) is 11.6. The van der Waals surface area contributed by atoms with Crippen molar-refractivity contribution in [1.82, 2.24) is 4.98 Å². The number of anilines is 1. The number of hydrogen-bond acceptors (Lipinski definition) is 9. The Morgan fingerprint density at radius 1 is 0.787 bits per heavy atom. The lowest BCUT2D eigenvalue weighted by atomic mass is 9.95. The lowest BCUT2D eigenvalue weighted by molar-refractivity contribution is -0.132. The maximum atomic E-state index is 13.9. The molecule has 0 radical (unpaired) electrons. The summed E-state index contributed by atoms with van der Waals surface area (Å²) in [5.41, 5.74) is 2.50. The van der Waals surface area contributed by atoms with Crippen molar-refractivity contribution in [2.45, 2.75) is 33.4 Å². The molecule has 0 bridgehead atoms. The van der Waals surface area contributed by atoms with Crippen LogP contribution in [0.15, 0.2) is 96.6 Å². The Hall–Kier alpha value is -5.35. The summed E-state index contributed by atoms with van der Waals surface area (Å²) >= 11 is 1.26. The first-order valence-electron chi connectivity index (χ1n) is 15.4. The second-order valence-electron chi connectivity index (χ2n) is 10.6. The van der Waals surface area contributed by atoms with E-state index < -0.39 is 17.7 Å². The van der Waals surface area contributed by atoms with Gasteiger partial charge in [-0.3, -0.25) is 14.5 Å². The van der Waals surface area contributed by atoms with Gasteiger partial charge in [0, 0.05) is 5.56 Å². The zero-order valence-electron chi connectivity index (χ0n) is 26.3. The van der Waals surface area contributed by atoms with Crippen molar-refractivity contribution in [3.05, 3.63) is 113 Å². The molecule has 240 valence electrons.